The van der Waals surface area contributed by atoms with Gasteiger partial charge >= 0.3 is 0 Å². The first kappa shape index (κ1) is 19.4. The summed E-state index contributed by atoms with van der Waals surface area (Å²) in [6, 6.07) is 10.5. The topological polar surface area (TPSA) is 65.2 Å². The van der Waals surface area contributed by atoms with Gasteiger partial charge in [0.05, 0.1) is 0 Å². The van der Waals surface area contributed by atoms with Crippen molar-refractivity contribution in [1.29, 1.82) is 0 Å². The number of nitrogens with one attached hydrogen (secondary N) is 2. The summed E-state index contributed by atoms with van der Waals surface area (Å²) in [5.41, 5.74) is 3.32. The molecule has 144 valence electrons. The second-order valence-corrected chi connectivity index (χ2v) is 7.52. The number of amides is 1. The highest BCUT2D eigenvalue weighted by molar-refractivity contribution is 5.99. The minimum absolute atomic E-state index is 0.0543. The average molecular weight is 367 g/mol. The fourth-order valence-corrected chi connectivity index (χ4v) is 3.80. The van der Waals surface area contributed by atoms with E-state index in [1.807, 2.05) is 6.07 Å². The molecule has 1 amide bonds. The summed E-state index contributed by atoms with van der Waals surface area (Å²) in [6.45, 7) is 2.86. The van der Waals surface area contributed by atoms with Gasteiger partial charge in [0, 0.05) is 30.9 Å². The van der Waals surface area contributed by atoms with Gasteiger partial charge in [0.25, 0.3) is 5.91 Å². The van der Waals surface area contributed by atoms with Gasteiger partial charge in [-0.1, -0.05) is 43.5 Å². The molecule has 0 spiro atoms. The number of aromatic nitrogens is 1. The zero-order valence-corrected chi connectivity index (χ0v) is 16.3. The van der Waals surface area contributed by atoms with E-state index in [9.17, 15) is 9.59 Å². The van der Waals surface area contributed by atoms with E-state index in [-0.39, 0.29) is 11.7 Å². The third-order valence-electron chi connectivity index (χ3n) is 5.51. The van der Waals surface area contributed by atoms with Crippen molar-refractivity contribution in [3.05, 3.63) is 58.9 Å². The van der Waals surface area contributed by atoms with Crippen LogP contribution < -0.4 is 5.32 Å². The number of H-pyrrole nitrogens is 1. The van der Waals surface area contributed by atoms with Crippen molar-refractivity contribution in [1.82, 2.24) is 15.2 Å². The van der Waals surface area contributed by atoms with Gasteiger partial charge in [-0.3, -0.25) is 14.5 Å². The van der Waals surface area contributed by atoms with Crippen LogP contribution in [0.2, 0.25) is 0 Å². The molecule has 1 aliphatic carbocycles. The molecule has 2 aromatic rings. The highest BCUT2D eigenvalue weighted by atomic mass is 16.2. The summed E-state index contributed by atoms with van der Waals surface area (Å²) in [5.74, 6) is -0.251. The summed E-state index contributed by atoms with van der Waals surface area (Å²) in [7, 11) is 2.20. The molecule has 1 aromatic carbocycles. The molecule has 0 atom stereocenters. The van der Waals surface area contributed by atoms with Crippen molar-refractivity contribution < 1.29 is 9.59 Å². The summed E-state index contributed by atoms with van der Waals surface area (Å²) in [6.07, 6.45) is 8.14. The first-order valence-electron chi connectivity index (χ1n) is 9.79. The third kappa shape index (κ3) is 5.07. The molecule has 5 nitrogen and oxygen atoms in total. The maximum Gasteiger partial charge on any atom is 0.267 e. The molecule has 0 radical (unpaired) electrons. The Morgan fingerprint density at radius 2 is 1.85 bits per heavy atom. The summed E-state index contributed by atoms with van der Waals surface area (Å²) < 4.78 is 0. The number of carbonyl (C=O) groups excluding carboxylic acids is 2. The Morgan fingerprint density at radius 1 is 1.15 bits per heavy atom. The Labute approximate surface area is 161 Å². The van der Waals surface area contributed by atoms with Crippen LogP contribution in [0.15, 0.2) is 36.5 Å². The van der Waals surface area contributed by atoms with Gasteiger partial charge in [0.1, 0.15) is 5.69 Å². The predicted molar refractivity (Wildman–Crippen MR) is 107 cm³/mol. The molecular weight excluding hydrogens is 338 g/mol. The SMILES string of the molecule is CC(=O)c1c[nH]c(C(=O)NCc2ccccc2CN(C)C2CCCCC2)c1. The smallest absolute Gasteiger partial charge is 0.267 e. The van der Waals surface area contributed by atoms with Crippen LogP contribution in [0.1, 0.15) is 71.0 Å². The van der Waals surface area contributed by atoms with Gasteiger partial charge < -0.3 is 10.3 Å². The number of benzene rings is 1. The zero-order valence-electron chi connectivity index (χ0n) is 16.3. The van der Waals surface area contributed by atoms with Gasteiger partial charge in [0.15, 0.2) is 5.78 Å². The first-order chi connectivity index (χ1) is 13.0. The molecule has 3 rings (SSSR count). The number of hydrogen-bond donors (Lipinski definition) is 2. The van der Waals surface area contributed by atoms with Gasteiger partial charge in [-0.2, -0.15) is 0 Å². The molecule has 1 aliphatic rings. The lowest BCUT2D eigenvalue weighted by Gasteiger charge is -2.31. The molecular formula is C22H29N3O2. The molecule has 27 heavy (non-hydrogen) atoms. The van der Waals surface area contributed by atoms with Crippen LogP contribution in [-0.4, -0.2) is 34.7 Å². The van der Waals surface area contributed by atoms with Gasteiger partial charge in [-0.25, -0.2) is 0 Å². The fraction of sp³-hybridized carbons (Fsp3) is 0.455. The van der Waals surface area contributed by atoms with Crippen LogP contribution in [0.5, 0.6) is 0 Å². The van der Waals surface area contributed by atoms with Crippen LogP contribution in [-0.2, 0) is 13.1 Å². The van der Waals surface area contributed by atoms with Gasteiger partial charge in [0.2, 0.25) is 0 Å². The van der Waals surface area contributed by atoms with E-state index in [2.05, 4.69) is 40.4 Å². The lowest BCUT2D eigenvalue weighted by molar-refractivity contribution is 0.0946. The predicted octanol–water partition coefficient (Wildman–Crippen LogP) is 3.91. The summed E-state index contributed by atoms with van der Waals surface area (Å²) in [5, 5.41) is 2.96. The van der Waals surface area contributed by atoms with Crippen LogP contribution in [0.3, 0.4) is 0 Å². The molecule has 1 heterocycles. The van der Waals surface area contributed by atoms with E-state index in [1.165, 1.54) is 44.6 Å². The van der Waals surface area contributed by atoms with Crippen LogP contribution in [0.25, 0.3) is 0 Å². The molecule has 5 heteroatoms. The molecule has 1 fully saturated rings. The second kappa shape index (κ2) is 9.00. The number of rotatable bonds is 7. The monoisotopic (exact) mass is 367 g/mol. The largest absolute Gasteiger partial charge is 0.356 e. The molecule has 1 saturated carbocycles. The van der Waals surface area contributed by atoms with Crippen molar-refractivity contribution in [2.75, 3.05) is 7.05 Å². The van der Waals surface area contributed by atoms with E-state index in [0.717, 1.165) is 12.1 Å². The fourth-order valence-electron chi connectivity index (χ4n) is 3.80. The Balaban J connectivity index is 1.61. The Bertz CT molecular complexity index is 790. The minimum atomic E-state index is -0.196. The molecule has 1 aromatic heterocycles. The van der Waals surface area contributed by atoms with Crippen molar-refractivity contribution in [3.63, 3.8) is 0 Å². The number of ketones is 1. The van der Waals surface area contributed by atoms with Gasteiger partial charge in [-0.15, -0.1) is 0 Å². The maximum atomic E-state index is 12.4. The zero-order chi connectivity index (χ0) is 19.2. The first-order valence-corrected chi connectivity index (χ1v) is 9.79. The number of aromatic amines is 1. The van der Waals surface area contributed by atoms with Crippen molar-refractivity contribution >= 4 is 11.7 Å². The Morgan fingerprint density at radius 3 is 2.52 bits per heavy atom. The van der Waals surface area contributed by atoms with Crippen LogP contribution in [0, 0.1) is 0 Å². The number of hydrogen-bond acceptors (Lipinski definition) is 3. The number of Topliss-reactive ketones (excluding diaryl/α,β-unsaturated/α-hetero) is 1. The normalized spacial score (nSPS) is 15.1. The highest BCUT2D eigenvalue weighted by Crippen LogP contribution is 2.23. The molecule has 0 bridgehead atoms. The van der Waals surface area contributed by atoms with Crippen molar-refractivity contribution in [2.45, 2.75) is 58.2 Å². The van der Waals surface area contributed by atoms with E-state index in [4.69, 9.17) is 0 Å². The van der Waals surface area contributed by atoms with E-state index < -0.39 is 0 Å². The molecule has 0 unspecified atom stereocenters. The lowest BCUT2D eigenvalue weighted by atomic mass is 9.94. The third-order valence-corrected chi connectivity index (χ3v) is 5.51. The summed E-state index contributed by atoms with van der Waals surface area (Å²) >= 11 is 0. The summed E-state index contributed by atoms with van der Waals surface area (Å²) in [4.78, 5) is 29.1. The molecule has 2 N–H and O–H groups in total. The lowest BCUT2D eigenvalue weighted by Crippen LogP contribution is -2.33. The van der Waals surface area contributed by atoms with Crippen molar-refractivity contribution in [2.24, 2.45) is 0 Å². The average Bonchev–Trinajstić information content (AvgIpc) is 3.18. The molecule has 0 aliphatic heterocycles. The number of nitrogens with zero attached hydrogens (tertiary/aromatic N) is 1. The highest BCUT2D eigenvalue weighted by Gasteiger charge is 2.19. The standard InChI is InChI=1S/C22H29N3O2/c1-16(26)19-12-21(23-14-19)22(27)24-13-17-8-6-7-9-18(17)15-25(2)20-10-4-3-5-11-20/h6-9,12,14,20,23H,3-5,10-11,13,15H2,1-2H3,(H,24,27). The Kier molecular flexibility index (Phi) is 6.45. The quantitative estimate of drug-likeness (QED) is 0.729. The van der Waals surface area contributed by atoms with Gasteiger partial charge in [-0.05, 0) is 44.0 Å². The number of carbonyl (C=O) groups is 2. The van der Waals surface area contributed by atoms with Crippen molar-refractivity contribution in [3.8, 4) is 0 Å². The van der Waals surface area contributed by atoms with E-state index in [1.54, 1.807) is 12.3 Å². The van der Waals surface area contributed by atoms with E-state index in [0.29, 0.717) is 23.8 Å². The van der Waals surface area contributed by atoms with Crippen LogP contribution >= 0.6 is 0 Å². The van der Waals surface area contributed by atoms with Crippen LogP contribution in [0.4, 0.5) is 0 Å². The van der Waals surface area contributed by atoms with E-state index >= 15 is 0 Å². The minimum Gasteiger partial charge on any atom is -0.356 e. The Hall–Kier alpha value is -2.40. The maximum absolute atomic E-state index is 12.4. The molecule has 0 saturated heterocycles. The second-order valence-electron chi connectivity index (χ2n) is 7.52.